The lowest BCUT2D eigenvalue weighted by Crippen LogP contribution is -2.00. The van der Waals surface area contributed by atoms with E-state index in [2.05, 4.69) is 10.1 Å². The van der Waals surface area contributed by atoms with Gasteiger partial charge in [0.2, 0.25) is 6.33 Å². The number of methoxy groups -OCH3 is 2. The molecule has 0 bridgehead atoms. The highest BCUT2D eigenvalue weighted by molar-refractivity contribution is 5.53. The molecule has 8 nitrogen and oxygen atoms in total. The summed E-state index contributed by atoms with van der Waals surface area (Å²) in [5.74, 6) is 0.684. The Hall–Kier alpha value is -2.64. The van der Waals surface area contributed by atoms with Gasteiger partial charge in [-0.15, -0.1) is 4.68 Å². The van der Waals surface area contributed by atoms with Crippen LogP contribution < -0.4 is 9.47 Å². The van der Waals surface area contributed by atoms with Gasteiger partial charge in [-0.3, -0.25) is 0 Å². The molecule has 0 fully saturated rings. The molecule has 0 atom stereocenters. The van der Waals surface area contributed by atoms with Crippen LogP contribution in [0.5, 0.6) is 11.5 Å². The third-order valence-corrected chi connectivity index (χ3v) is 2.56. The Morgan fingerprint density at radius 1 is 1.32 bits per heavy atom. The van der Waals surface area contributed by atoms with Crippen molar-refractivity contribution in [2.24, 2.45) is 0 Å². The third-order valence-electron chi connectivity index (χ3n) is 2.56. The Labute approximate surface area is 108 Å². The van der Waals surface area contributed by atoms with Crippen LogP contribution in [0, 0.1) is 17.0 Å². The van der Waals surface area contributed by atoms with Crippen molar-refractivity contribution in [3.8, 4) is 17.2 Å². The van der Waals surface area contributed by atoms with E-state index in [0.29, 0.717) is 17.2 Å². The normalized spacial score (nSPS) is 10.3. The largest absolute Gasteiger partial charge is 0.493 e. The maximum atomic E-state index is 10.6. The van der Waals surface area contributed by atoms with E-state index in [4.69, 9.17) is 9.47 Å². The van der Waals surface area contributed by atoms with Crippen LogP contribution in [0.25, 0.3) is 5.69 Å². The van der Waals surface area contributed by atoms with E-state index in [-0.39, 0.29) is 0 Å². The SMILES string of the molecule is COc1cc(-n2cnc([N+](=O)[O-])n2)cc(C)c1OC. The number of rotatable bonds is 4. The first-order valence-electron chi connectivity index (χ1n) is 5.36. The highest BCUT2D eigenvalue weighted by Crippen LogP contribution is 2.33. The summed E-state index contributed by atoms with van der Waals surface area (Å²) in [6, 6.07) is 3.45. The molecule has 0 N–H and O–H groups in total. The minimum absolute atomic E-state index is 0.451. The molecular weight excluding hydrogens is 252 g/mol. The molecule has 0 aliphatic carbocycles. The van der Waals surface area contributed by atoms with E-state index in [1.807, 2.05) is 6.92 Å². The summed E-state index contributed by atoms with van der Waals surface area (Å²) in [6.45, 7) is 1.84. The van der Waals surface area contributed by atoms with E-state index in [1.165, 1.54) is 18.1 Å². The highest BCUT2D eigenvalue weighted by Gasteiger charge is 2.17. The second kappa shape index (κ2) is 4.92. The minimum atomic E-state index is -0.649. The summed E-state index contributed by atoms with van der Waals surface area (Å²) >= 11 is 0. The maximum absolute atomic E-state index is 10.6. The van der Waals surface area contributed by atoms with Gasteiger partial charge in [0.15, 0.2) is 11.5 Å². The Kier molecular flexibility index (Phi) is 3.32. The monoisotopic (exact) mass is 264 g/mol. The summed E-state index contributed by atoms with van der Waals surface area (Å²) in [7, 11) is 3.07. The Morgan fingerprint density at radius 2 is 2.05 bits per heavy atom. The summed E-state index contributed by atoms with van der Waals surface area (Å²) < 4.78 is 11.7. The number of aryl methyl sites for hydroxylation is 1. The predicted molar refractivity (Wildman–Crippen MR) is 65.9 cm³/mol. The Morgan fingerprint density at radius 3 is 2.58 bits per heavy atom. The fourth-order valence-corrected chi connectivity index (χ4v) is 1.73. The van der Waals surface area contributed by atoms with Crippen molar-refractivity contribution < 1.29 is 14.4 Å². The van der Waals surface area contributed by atoms with Crippen molar-refractivity contribution in [2.45, 2.75) is 6.92 Å². The molecule has 19 heavy (non-hydrogen) atoms. The summed E-state index contributed by atoms with van der Waals surface area (Å²) in [5, 5.41) is 14.3. The molecule has 0 aliphatic rings. The average molecular weight is 264 g/mol. The topological polar surface area (TPSA) is 92.3 Å². The van der Waals surface area contributed by atoms with Gasteiger partial charge in [-0.2, -0.15) is 0 Å². The van der Waals surface area contributed by atoms with E-state index < -0.39 is 10.9 Å². The molecule has 1 aromatic heterocycles. The van der Waals surface area contributed by atoms with Crippen LogP contribution in [0.1, 0.15) is 5.56 Å². The molecule has 0 saturated heterocycles. The molecule has 2 aromatic rings. The summed E-state index contributed by atoms with van der Waals surface area (Å²) in [4.78, 5) is 13.5. The fourth-order valence-electron chi connectivity index (χ4n) is 1.73. The molecule has 1 heterocycles. The quantitative estimate of drug-likeness (QED) is 0.613. The predicted octanol–water partition coefficient (Wildman–Crippen LogP) is 1.50. The van der Waals surface area contributed by atoms with Gasteiger partial charge in [0, 0.05) is 11.2 Å². The summed E-state index contributed by atoms with van der Waals surface area (Å²) in [5.41, 5.74) is 1.44. The van der Waals surface area contributed by atoms with Crippen molar-refractivity contribution in [1.82, 2.24) is 14.8 Å². The molecule has 0 unspecified atom stereocenters. The number of aromatic nitrogens is 3. The van der Waals surface area contributed by atoms with Crippen LogP contribution in [-0.2, 0) is 0 Å². The number of hydrogen-bond acceptors (Lipinski definition) is 6. The maximum Gasteiger partial charge on any atom is 0.491 e. The zero-order chi connectivity index (χ0) is 14.0. The van der Waals surface area contributed by atoms with E-state index >= 15 is 0 Å². The fraction of sp³-hybridized carbons (Fsp3) is 0.273. The van der Waals surface area contributed by atoms with Gasteiger partial charge < -0.3 is 19.6 Å². The lowest BCUT2D eigenvalue weighted by atomic mass is 10.2. The van der Waals surface area contributed by atoms with Gasteiger partial charge in [0.25, 0.3) is 0 Å². The van der Waals surface area contributed by atoms with Gasteiger partial charge in [-0.25, -0.2) is 0 Å². The van der Waals surface area contributed by atoms with E-state index in [1.54, 1.807) is 19.2 Å². The lowest BCUT2D eigenvalue weighted by Gasteiger charge is -2.11. The van der Waals surface area contributed by atoms with Gasteiger partial charge in [-0.05, 0) is 23.5 Å². The first-order valence-corrected chi connectivity index (χ1v) is 5.36. The molecule has 1 aromatic carbocycles. The van der Waals surface area contributed by atoms with Crippen molar-refractivity contribution in [3.05, 3.63) is 34.1 Å². The number of ether oxygens (including phenoxy) is 2. The molecule has 0 aliphatic heterocycles. The molecule has 8 heteroatoms. The molecule has 0 radical (unpaired) electrons. The van der Waals surface area contributed by atoms with Crippen molar-refractivity contribution in [1.29, 1.82) is 0 Å². The third kappa shape index (κ3) is 2.32. The van der Waals surface area contributed by atoms with Gasteiger partial charge >= 0.3 is 5.95 Å². The first-order chi connectivity index (χ1) is 9.06. The zero-order valence-corrected chi connectivity index (χ0v) is 10.7. The molecule has 0 amide bonds. The van der Waals surface area contributed by atoms with Gasteiger partial charge in [0.05, 0.1) is 19.9 Å². The smallest absolute Gasteiger partial charge is 0.491 e. The molecular formula is C11H12N4O4. The van der Waals surface area contributed by atoms with Crippen LogP contribution in [0.15, 0.2) is 18.5 Å². The second-order valence-corrected chi connectivity index (χ2v) is 3.74. The number of hydrogen-bond donors (Lipinski definition) is 0. The number of nitro groups is 1. The molecule has 100 valence electrons. The molecule has 0 spiro atoms. The minimum Gasteiger partial charge on any atom is -0.493 e. The van der Waals surface area contributed by atoms with Crippen LogP contribution in [-0.4, -0.2) is 33.9 Å². The number of benzene rings is 1. The van der Waals surface area contributed by atoms with Crippen LogP contribution in [0.3, 0.4) is 0 Å². The zero-order valence-electron chi connectivity index (χ0n) is 10.7. The first kappa shape index (κ1) is 12.8. The van der Waals surface area contributed by atoms with Gasteiger partial charge in [-0.1, -0.05) is 4.98 Å². The van der Waals surface area contributed by atoms with Crippen LogP contribution >= 0.6 is 0 Å². The average Bonchev–Trinajstić information content (AvgIpc) is 2.87. The van der Waals surface area contributed by atoms with E-state index in [9.17, 15) is 10.1 Å². The Bertz CT molecular complexity index is 623. The van der Waals surface area contributed by atoms with Crippen LogP contribution in [0.4, 0.5) is 5.95 Å². The molecule has 0 saturated carbocycles. The van der Waals surface area contributed by atoms with Crippen molar-refractivity contribution in [3.63, 3.8) is 0 Å². The molecule has 2 rings (SSSR count). The highest BCUT2D eigenvalue weighted by atomic mass is 16.6. The number of nitrogens with zero attached hydrogens (tertiary/aromatic N) is 4. The Balaban J connectivity index is 2.50. The standard InChI is InChI=1S/C11H12N4O4/c1-7-4-8(5-9(18-2)10(7)19-3)14-6-12-11(13-14)15(16)17/h4-6H,1-3H3. The second-order valence-electron chi connectivity index (χ2n) is 3.74. The van der Waals surface area contributed by atoms with Crippen molar-refractivity contribution in [2.75, 3.05) is 14.2 Å². The van der Waals surface area contributed by atoms with Gasteiger partial charge in [0.1, 0.15) is 0 Å². The van der Waals surface area contributed by atoms with Crippen molar-refractivity contribution >= 4 is 5.95 Å². The lowest BCUT2D eigenvalue weighted by molar-refractivity contribution is -0.394. The van der Waals surface area contributed by atoms with Crippen LogP contribution in [0.2, 0.25) is 0 Å². The van der Waals surface area contributed by atoms with E-state index in [0.717, 1.165) is 5.56 Å². The summed E-state index contributed by atoms with van der Waals surface area (Å²) in [6.07, 6.45) is 1.28.